The van der Waals surface area contributed by atoms with Gasteiger partial charge in [-0.05, 0) is 27.3 Å². The molecular weight excluding hydrogens is 246 g/mol. The zero-order chi connectivity index (χ0) is 14.3. The number of ether oxygens (including phenoxy) is 2. The minimum absolute atomic E-state index is 0.165. The van der Waals surface area contributed by atoms with Crippen LogP contribution in [0.4, 0.5) is 0 Å². The fourth-order valence-corrected chi connectivity index (χ4v) is 1.85. The first kappa shape index (κ1) is 16.1. The van der Waals surface area contributed by atoms with Gasteiger partial charge in [0.25, 0.3) is 0 Å². The van der Waals surface area contributed by atoms with E-state index >= 15 is 0 Å². The Morgan fingerprint density at radius 2 is 2.16 bits per heavy atom. The summed E-state index contributed by atoms with van der Waals surface area (Å²) in [5, 5.41) is 7.20. The quantitative estimate of drug-likeness (QED) is 0.734. The van der Waals surface area contributed by atoms with Gasteiger partial charge in [0.1, 0.15) is 5.60 Å². The van der Waals surface area contributed by atoms with Crippen molar-refractivity contribution in [3.05, 3.63) is 11.7 Å². The molecule has 0 aromatic carbocycles. The Balaban J connectivity index is 2.75. The van der Waals surface area contributed by atoms with Crippen molar-refractivity contribution < 1.29 is 14.0 Å². The molecule has 6 nitrogen and oxygen atoms in total. The molecular formula is C13H25N3O3. The molecule has 1 aromatic heterocycles. The Hall–Kier alpha value is -0.980. The van der Waals surface area contributed by atoms with Crippen molar-refractivity contribution in [3.8, 4) is 0 Å². The Morgan fingerprint density at radius 3 is 2.68 bits per heavy atom. The predicted octanol–water partition coefficient (Wildman–Crippen LogP) is 1.51. The summed E-state index contributed by atoms with van der Waals surface area (Å²) >= 11 is 0. The zero-order valence-corrected chi connectivity index (χ0v) is 12.5. The normalized spacial score (nSPS) is 16.3. The van der Waals surface area contributed by atoms with Gasteiger partial charge in [0, 0.05) is 26.2 Å². The van der Waals surface area contributed by atoms with Gasteiger partial charge in [-0.1, -0.05) is 12.1 Å². The molecule has 0 saturated carbocycles. The lowest BCUT2D eigenvalue weighted by molar-refractivity contribution is -0.0403. The zero-order valence-electron chi connectivity index (χ0n) is 12.5. The van der Waals surface area contributed by atoms with Gasteiger partial charge < -0.3 is 19.3 Å². The Labute approximate surface area is 114 Å². The molecule has 0 aliphatic carbocycles. The number of rotatable bonds is 9. The van der Waals surface area contributed by atoms with Crippen molar-refractivity contribution in [1.29, 1.82) is 0 Å². The fourth-order valence-electron chi connectivity index (χ4n) is 1.85. The van der Waals surface area contributed by atoms with Crippen LogP contribution in [0.3, 0.4) is 0 Å². The molecule has 6 heteroatoms. The molecule has 0 saturated heterocycles. The van der Waals surface area contributed by atoms with Gasteiger partial charge in [0.2, 0.25) is 11.7 Å². The minimum atomic E-state index is -0.479. The van der Waals surface area contributed by atoms with Crippen LogP contribution >= 0.6 is 0 Å². The second-order valence-corrected chi connectivity index (χ2v) is 4.67. The van der Waals surface area contributed by atoms with E-state index in [4.69, 9.17) is 14.0 Å². The largest absolute Gasteiger partial charge is 0.383 e. The maximum absolute atomic E-state index is 5.73. The molecule has 1 N–H and O–H groups in total. The van der Waals surface area contributed by atoms with E-state index in [0.29, 0.717) is 31.3 Å². The van der Waals surface area contributed by atoms with Gasteiger partial charge in [0.05, 0.1) is 6.61 Å². The van der Waals surface area contributed by atoms with E-state index in [1.165, 1.54) is 0 Å². The molecule has 2 unspecified atom stereocenters. The lowest BCUT2D eigenvalue weighted by Gasteiger charge is -2.23. The van der Waals surface area contributed by atoms with Crippen LogP contribution in [0.5, 0.6) is 0 Å². The van der Waals surface area contributed by atoms with Gasteiger partial charge in [0.15, 0.2) is 0 Å². The standard InChI is InChI=1S/C13H25N3O3/c1-6-13(3,18-7-2)12-15-11(19-16-12)8-10(14-4)9-17-5/h10,14H,6-9H2,1-5H3. The summed E-state index contributed by atoms with van der Waals surface area (Å²) in [5.41, 5.74) is -0.479. The highest BCUT2D eigenvalue weighted by molar-refractivity contribution is 5.00. The van der Waals surface area contributed by atoms with Crippen LogP contribution in [-0.4, -0.2) is 43.6 Å². The second kappa shape index (κ2) is 7.57. The predicted molar refractivity (Wildman–Crippen MR) is 72.0 cm³/mol. The second-order valence-electron chi connectivity index (χ2n) is 4.67. The Morgan fingerprint density at radius 1 is 1.42 bits per heavy atom. The van der Waals surface area contributed by atoms with E-state index in [-0.39, 0.29) is 6.04 Å². The SMILES string of the molecule is CCOC(C)(CC)c1noc(CC(COC)NC)n1. The van der Waals surface area contributed by atoms with Gasteiger partial charge in [-0.3, -0.25) is 0 Å². The first-order valence-electron chi connectivity index (χ1n) is 6.72. The molecule has 1 heterocycles. The first-order chi connectivity index (χ1) is 9.09. The summed E-state index contributed by atoms with van der Waals surface area (Å²) in [4.78, 5) is 4.44. The number of hydrogen-bond acceptors (Lipinski definition) is 6. The monoisotopic (exact) mass is 271 g/mol. The molecule has 0 aliphatic rings. The number of nitrogens with one attached hydrogen (secondary N) is 1. The topological polar surface area (TPSA) is 69.4 Å². The molecule has 110 valence electrons. The molecule has 0 radical (unpaired) electrons. The average Bonchev–Trinajstić information content (AvgIpc) is 2.87. The Kier molecular flexibility index (Phi) is 6.41. The molecule has 0 aliphatic heterocycles. The summed E-state index contributed by atoms with van der Waals surface area (Å²) in [6, 6.07) is 0.165. The number of aromatic nitrogens is 2. The van der Waals surface area contributed by atoms with Crippen molar-refractivity contribution in [3.63, 3.8) is 0 Å². The minimum Gasteiger partial charge on any atom is -0.383 e. The van der Waals surface area contributed by atoms with E-state index < -0.39 is 5.60 Å². The summed E-state index contributed by atoms with van der Waals surface area (Å²) in [6.07, 6.45) is 1.44. The van der Waals surface area contributed by atoms with Crippen molar-refractivity contribution >= 4 is 0 Å². The van der Waals surface area contributed by atoms with E-state index in [1.54, 1.807) is 7.11 Å². The number of hydrogen-bond donors (Lipinski definition) is 1. The van der Waals surface area contributed by atoms with Crippen molar-refractivity contribution in [2.24, 2.45) is 0 Å². The number of nitrogens with zero attached hydrogens (tertiary/aromatic N) is 2. The van der Waals surface area contributed by atoms with Crippen LogP contribution in [0.1, 0.15) is 38.9 Å². The van der Waals surface area contributed by atoms with Gasteiger partial charge >= 0.3 is 0 Å². The molecule has 19 heavy (non-hydrogen) atoms. The third-order valence-corrected chi connectivity index (χ3v) is 3.28. The summed E-state index contributed by atoms with van der Waals surface area (Å²) in [5.74, 6) is 1.21. The van der Waals surface area contributed by atoms with E-state index in [1.807, 2.05) is 27.8 Å². The van der Waals surface area contributed by atoms with Crippen molar-refractivity contribution in [2.75, 3.05) is 27.4 Å². The van der Waals surface area contributed by atoms with Crippen LogP contribution < -0.4 is 5.32 Å². The maximum Gasteiger partial charge on any atom is 0.228 e. The van der Waals surface area contributed by atoms with Crippen molar-refractivity contribution in [2.45, 2.75) is 45.3 Å². The fraction of sp³-hybridized carbons (Fsp3) is 0.846. The highest BCUT2D eigenvalue weighted by atomic mass is 16.5. The molecule has 2 atom stereocenters. The highest BCUT2D eigenvalue weighted by Crippen LogP contribution is 2.26. The lowest BCUT2D eigenvalue weighted by atomic mass is 10.0. The Bertz CT molecular complexity index is 370. The third-order valence-electron chi connectivity index (χ3n) is 3.28. The van der Waals surface area contributed by atoms with Crippen LogP contribution in [0.15, 0.2) is 4.52 Å². The molecule has 0 fully saturated rings. The van der Waals surface area contributed by atoms with Gasteiger partial charge in [-0.25, -0.2) is 0 Å². The van der Waals surface area contributed by atoms with Crippen LogP contribution in [0.25, 0.3) is 0 Å². The summed E-state index contributed by atoms with van der Waals surface area (Å²) in [6.45, 7) is 7.22. The molecule has 0 amide bonds. The van der Waals surface area contributed by atoms with Crippen LogP contribution in [0.2, 0.25) is 0 Å². The first-order valence-corrected chi connectivity index (χ1v) is 6.72. The van der Waals surface area contributed by atoms with E-state index in [0.717, 1.165) is 6.42 Å². The molecule has 0 bridgehead atoms. The molecule has 1 rings (SSSR count). The average molecular weight is 271 g/mol. The highest BCUT2D eigenvalue weighted by Gasteiger charge is 2.31. The van der Waals surface area contributed by atoms with Crippen molar-refractivity contribution in [1.82, 2.24) is 15.5 Å². The summed E-state index contributed by atoms with van der Waals surface area (Å²) in [7, 11) is 3.56. The number of likely N-dealkylation sites (N-methyl/N-ethyl adjacent to an activating group) is 1. The van der Waals surface area contributed by atoms with E-state index in [9.17, 15) is 0 Å². The van der Waals surface area contributed by atoms with Crippen LogP contribution in [-0.2, 0) is 21.5 Å². The number of methoxy groups -OCH3 is 1. The lowest BCUT2D eigenvalue weighted by Crippen LogP contribution is -2.32. The van der Waals surface area contributed by atoms with E-state index in [2.05, 4.69) is 15.5 Å². The smallest absolute Gasteiger partial charge is 0.228 e. The molecule has 0 spiro atoms. The van der Waals surface area contributed by atoms with Crippen LogP contribution in [0, 0.1) is 0 Å². The summed E-state index contributed by atoms with van der Waals surface area (Å²) < 4.78 is 16.2. The third kappa shape index (κ3) is 4.26. The van der Waals surface area contributed by atoms with Gasteiger partial charge in [-0.15, -0.1) is 0 Å². The molecule has 1 aromatic rings. The van der Waals surface area contributed by atoms with Gasteiger partial charge in [-0.2, -0.15) is 4.98 Å². The maximum atomic E-state index is 5.73.